The second-order valence-corrected chi connectivity index (χ2v) is 8.07. The highest BCUT2D eigenvalue weighted by Crippen LogP contribution is 2.22. The summed E-state index contributed by atoms with van der Waals surface area (Å²) in [6.07, 6.45) is 2.06. The summed E-state index contributed by atoms with van der Waals surface area (Å²) in [6.45, 7) is 2.13. The van der Waals surface area contributed by atoms with E-state index in [1.807, 2.05) is 0 Å². The molecule has 2 aromatic rings. The quantitative estimate of drug-likeness (QED) is 0.829. The number of aliphatic hydroxyl groups is 1. The van der Waals surface area contributed by atoms with E-state index in [2.05, 4.69) is 15.3 Å². The van der Waals surface area contributed by atoms with Crippen LogP contribution in [0.4, 0.5) is 5.82 Å². The SMILES string of the molecule is Cc1nccc(NC(=O)c2cccc(S(=O)(=O)N3CCCC(O)C3)c2)n1. The van der Waals surface area contributed by atoms with Crippen molar-refractivity contribution in [3.05, 3.63) is 47.9 Å². The van der Waals surface area contributed by atoms with Crippen LogP contribution in [-0.4, -0.2) is 52.9 Å². The maximum Gasteiger partial charge on any atom is 0.256 e. The zero-order valence-electron chi connectivity index (χ0n) is 14.3. The van der Waals surface area contributed by atoms with Crippen LogP contribution in [0.3, 0.4) is 0 Å². The lowest BCUT2D eigenvalue weighted by Crippen LogP contribution is -2.42. The average molecular weight is 376 g/mol. The summed E-state index contributed by atoms with van der Waals surface area (Å²) in [6, 6.07) is 7.39. The Hall–Kier alpha value is -2.36. The molecule has 8 nitrogen and oxygen atoms in total. The maximum absolute atomic E-state index is 12.8. The summed E-state index contributed by atoms with van der Waals surface area (Å²) >= 11 is 0. The lowest BCUT2D eigenvalue weighted by Gasteiger charge is -2.29. The van der Waals surface area contributed by atoms with Gasteiger partial charge < -0.3 is 10.4 Å². The third kappa shape index (κ3) is 4.06. The van der Waals surface area contributed by atoms with E-state index in [1.165, 1.54) is 34.8 Å². The Balaban J connectivity index is 1.82. The van der Waals surface area contributed by atoms with Gasteiger partial charge in [0, 0.05) is 24.8 Å². The van der Waals surface area contributed by atoms with E-state index in [0.29, 0.717) is 31.0 Å². The molecule has 0 saturated carbocycles. The molecule has 0 spiro atoms. The fraction of sp³-hybridized carbons (Fsp3) is 0.353. The maximum atomic E-state index is 12.8. The minimum absolute atomic E-state index is 0.0260. The zero-order chi connectivity index (χ0) is 18.7. The highest BCUT2D eigenvalue weighted by atomic mass is 32.2. The Bertz CT molecular complexity index is 916. The fourth-order valence-electron chi connectivity index (χ4n) is 2.80. The van der Waals surface area contributed by atoms with Crippen LogP contribution in [0, 0.1) is 6.92 Å². The number of β-amino-alcohol motifs (C(OH)–C–C–N with tert-alkyl or cyclic N) is 1. The zero-order valence-corrected chi connectivity index (χ0v) is 15.1. The summed E-state index contributed by atoms with van der Waals surface area (Å²) < 4.78 is 26.8. The van der Waals surface area contributed by atoms with Crippen LogP contribution in [-0.2, 0) is 10.0 Å². The van der Waals surface area contributed by atoms with E-state index < -0.39 is 22.0 Å². The molecule has 0 aliphatic carbocycles. The number of aliphatic hydroxyl groups excluding tert-OH is 1. The van der Waals surface area contributed by atoms with Crippen molar-refractivity contribution < 1.29 is 18.3 Å². The molecule has 138 valence electrons. The number of rotatable bonds is 4. The number of hydrogen-bond acceptors (Lipinski definition) is 6. The molecule has 1 saturated heterocycles. The lowest BCUT2D eigenvalue weighted by molar-refractivity contribution is 0.102. The summed E-state index contributed by atoms with van der Waals surface area (Å²) in [5, 5.41) is 12.4. The summed E-state index contributed by atoms with van der Waals surface area (Å²) in [4.78, 5) is 20.5. The second-order valence-electron chi connectivity index (χ2n) is 6.13. The first-order chi connectivity index (χ1) is 12.4. The van der Waals surface area contributed by atoms with Crippen LogP contribution in [0.2, 0.25) is 0 Å². The van der Waals surface area contributed by atoms with Gasteiger partial charge in [-0.05, 0) is 44.0 Å². The second kappa shape index (κ2) is 7.48. The van der Waals surface area contributed by atoms with Gasteiger partial charge in [-0.1, -0.05) is 6.07 Å². The third-order valence-electron chi connectivity index (χ3n) is 4.11. The Morgan fingerprint density at radius 3 is 2.88 bits per heavy atom. The predicted octanol–water partition coefficient (Wildman–Crippen LogP) is 1.18. The number of nitrogens with zero attached hydrogens (tertiary/aromatic N) is 3. The first kappa shape index (κ1) is 18.4. The predicted molar refractivity (Wildman–Crippen MR) is 95.2 cm³/mol. The number of carbonyl (C=O) groups is 1. The van der Waals surface area contributed by atoms with E-state index in [9.17, 15) is 18.3 Å². The molecule has 1 aliphatic rings. The fourth-order valence-corrected chi connectivity index (χ4v) is 4.36. The normalized spacial score (nSPS) is 18.5. The number of amides is 1. The van der Waals surface area contributed by atoms with E-state index in [0.717, 1.165) is 0 Å². The molecule has 1 unspecified atom stereocenters. The minimum Gasteiger partial charge on any atom is -0.392 e. The average Bonchev–Trinajstić information content (AvgIpc) is 2.62. The van der Waals surface area contributed by atoms with E-state index in [-0.39, 0.29) is 17.0 Å². The van der Waals surface area contributed by atoms with Gasteiger partial charge in [-0.3, -0.25) is 4.79 Å². The molecule has 1 atom stereocenters. The number of aromatic nitrogens is 2. The summed E-state index contributed by atoms with van der Waals surface area (Å²) in [5.41, 5.74) is 0.208. The highest BCUT2D eigenvalue weighted by Gasteiger charge is 2.29. The molecule has 9 heteroatoms. The van der Waals surface area contributed by atoms with Gasteiger partial charge in [-0.25, -0.2) is 18.4 Å². The van der Waals surface area contributed by atoms with Crippen LogP contribution >= 0.6 is 0 Å². The van der Waals surface area contributed by atoms with Gasteiger partial charge in [0.25, 0.3) is 5.91 Å². The molecule has 2 heterocycles. The van der Waals surface area contributed by atoms with Crippen LogP contribution in [0.25, 0.3) is 0 Å². The van der Waals surface area contributed by atoms with Gasteiger partial charge in [-0.15, -0.1) is 0 Å². The molecule has 0 bridgehead atoms. The van der Waals surface area contributed by atoms with Gasteiger partial charge in [-0.2, -0.15) is 4.31 Å². The van der Waals surface area contributed by atoms with Crippen molar-refractivity contribution in [2.75, 3.05) is 18.4 Å². The number of sulfonamides is 1. The topological polar surface area (TPSA) is 112 Å². The monoisotopic (exact) mass is 376 g/mol. The van der Waals surface area contributed by atoms with Gasteiger partial charge in [0.1, 0.15) is 11.6 Å². The van der Waals surface area contributed by atoms with Crippen LogP contribution in [0.5, 0.6) is 0 Å². The Morgan fingerprint density at radius 1 is 1.35 bits per heavy atom. The molecule has 1 amide bonds. The smallest absolute Gasteiger partial charge is 0.256 e. The van der Waals surface area contributed by atoms with Crippen molar-refractivity contribution in [2.24, 2.45) is 0 Å². The Labute approximate surface area is 152 Å². The number of nitrogens with one attached hydrogen (secondary N) is 1. The van der Waals surface area contributed by atoms with Gasteiger partial charge >= 0.3 is 0 Å². The van der Waals surface area contributed by atoms with E-state index in [4.69, 9.17) is 0 Å². The van der Waals surface area contributed by atoms with Crippen molar-refractivity contribution in [2.45, 2.75) is 30.8 Å². The number of carbonyl (C=O) groups excluding carboxylic acids is 1. The van der Waals surface area contributed by atoms with Gasteiger partial charge in [0.05, 0.1) is 11.0 Å². The third-order valence-corrected chi connectivity index (χ3v) is 5.97. The van der Waals surface area contributed by atoms with Crippen molar-refractivity contribution in [1.82, 2.24) is 14.3 Å². The molecule has 1 aliphatic heterocycles. The lowest BCUT2D eigenvalue weighted by atomic mass is 10.1. The first-order valence-electron chi connectivity index (χ1n) is 8.25. The highest BCUT2D eigenvalue weighted by molar-refractivity contribution is 7.89. The molecular weight excluding hydrogens is 356 g/mol. The van der Waals surface area contributed by atoms with E-state index >= 15 is 0 Å². The molecule has 1 aromatic heterocycles. The Kier molecular flexibility index (Phi) is 5.30. The summed E-state index contributed by atoms with van der Waals surface area (Å²) in [5.74, 6) is 0.400. The van der Waals surface area contributed by atoms with E-state index in [1.54, 1.807) is 13.0 Å². The number of aryl methyl sites for hydroxylation is 1. The van der Waals surface area contributed by atoms with Crippen molar-refractivity contribution in [3.8, 4) is 0 Å². The standard InChI is InChI=1S/C17H20N4O4S/c1-12-18-8-7-16(19-12)20-17(23)13-4-2-6-15(10-13)26(24,25)21-9-3-5-14(22)11-21/h2,4,6-8,10,14,22H,3,5,9,11H2,1H3,(H,18,19,20,23). The number of hydrogen-bond donors (Lipinski definition) is 2. The Morgan fingerprint density at radius 2 is 2.15 bits per heavy atom. The van der Waals surface area contributed by atoms with Gasteiger partial charge in [0.2, 0.25) is 10.0 Å². The number of benzene rings is 1. The minimum atomic E-state index is -3.76. The molecule has 0 radical (unpaired) electrons. The van der Waals surface area contributed by atoms with Crippen LogP contribution in [0.1, 0.15) is 29.0 Å². The largest absolute Gasteiger partial charge is 0.392 e. The molecule has 2 N–H and O–H groups in total. The summed E-state index contributed by atoms with van der Waals surface area (Å²) in [7, 11) is -3.76. The first-order valence-corrected chi connectivity index (χ1v) is 9.69. The van der Waals surface area contributed by atoms with Crippen molar-refractivity contribution in [1.29, 1.82) is 0 Å². The molecule has 26 heavy (non-hydrogen) atoms. The molecule has 1 fully saturated rings. The molecule has 3 rings (SSSR count). The van der Waals surface area contributed by atoms with Crippen molar-refractivity contribution in [3.63, 3.8) is 0 Å². The number of piperidine rings is 1. The molecular formula is C17H20N4O4S. The van der Waals surface area contributed by atoms with Crippen molar-refractivity contribution >= 4 is 21.7 Å². The number of anilines is 1. The van der Waals surface area contributed by atoms with Gasteiger partial charge in [0.15, 0.2) is 0 Å². The van der Waals surface area contributed by atoms with Crippen LogP contribution < -0.4 is 5.32 Å². The van der Waals surface area contributed by atoms with Crippen LogP contribution in [0.15, 0.2) is 41.4 Å². The molecule has 1 aromatic carbocycles.